The number of nitrogen functional groups attached to an aromatic ring is 1. The number of aromatic nitrogens is 2. The van der Waals surface area contributed by atoms with Crippen LogP contribution in [0, 0.1) is 0 Å². The summed E-state index contributed by atoms with van der Waals surface area (Å²) in [5.41, 5.74) is 7.87. The number of nitrogens with one attached hydrogen (secondary N) is 1. The third kappa shape index (κ3) is 3.55. The molecule has 1 aliphatic heterocycles. The zero-order chi connectivity index (χ0) is 16.9. The monoisotopic (exact) mass is 327 g/mol. The summed E-state index contributed by atoms with van der Waals surface area (Å²) in [5.74, 6) is 0.499. The maximum Gasteiger partial charge on any atom is 0.138 e. The Bertz CT molecular complexity index is 705. The summed E-state index contributed by atoms with van der Waals surface area (Å²) in [6, 6.07) is 6.23. The van der Waals surface area contributed by atoms with E-state index in [0.29, 0.717) is 5.82 Å². The number of fused-ring (bicyclic) bond motifs is 1. The lowest BCUT2D eigenvalue weighted by Gasteiger charge is -2.39. The lowest BCUT2D eigenvalue weighted by atomic mass is 9.98. The lowest BCUT2D eigenvalue weighted by Crippen LogP contribution is -2.58. The van der Waals surface area contributed by atoms with Crippen LogP contribution in [-0.4, -0.2) is 46.3 Å². The normalized spacial score (nSPS) is 21.9. The summed E-state index contributed by atoms with van der Waals surface area (Å²) < 4.78 is 0. The maximum atomic E-state index is 11.7. The van der Waals surface area contributed by atoms with Crippen molar-refractivity contribution in [3.8, 4) is 0 Å². The van der Waals surface area contributed by atoms with Crippen LogP contribution in [0.3, 0.4) is 0 Å². The number of nitrogens with two attached hydrogens (primary N) is 1. The molecule has 1 fully saturated rings. The minimum atomic E-state index is -0.0727. The Balaban J connectivity index is 1.77. The molecular formula is C18H25N5O. The Labute approximate surface area is 142 Å². The predicted octanol–water partition coefficient (Wildman–Crippen LogP) is 1.74. The number of carbonyl (C=O) groups is 1. The van der Waals surface area contributed by atoms with Crippen molar-refractivity contribution in [2.75, 3.05) is 18.8 Å². The Kier molecular flexibility index (Phi) is 5.37. The van der Waals surface area contributed by atoms with Gasteiger partial charge < -0.3 is 15.8 Å². The summed E-state index contributed by atoms with van der Waals surface area (Å²) in [7, 11) is 0. The van der Waals surface area contributed by atoms with Crippen LogP contribution in [0.15, 0.2) is 24.5 Å². The van der Waals surface area contributed by atoms with Gasteiger partial charge in [0.05, 0.1) is 11.6 Å². The molecule has 1 saturated heterocycles. The predicted molar refractivity (Wildman–Crippen MR) is 95.5 cm³/mol. The summed E-state index contributed by atoms with van der Waals surface area (Å²) in [6.45, 7) is 4.71. The summed E-state index contributed by atoms with van der Waals surface area (Å²) in [4.78, 5) is 22.2. The Morgan fingerprint density at radius 1 is 1.42 bits per heavy atom. The molecule has 1 aliphatic rings. The quantitative estimate of drug-likeness (QED) is 0.786. The highest BCUT2D eigenvalue weighted by Crippen LogP contribution is 2.21. The van der Waals surface area contributed by atoms with E-state index in [4.69, 9.17) is 5.73 Å². The smallest absolute Gasteiger partial charge is 0.138 e. The van der Waals surface area contributed by atoms with Crippen molar-refractivity contribution in [3.05, 3.63) is 30.1 Å². The van der Waals surface area contributed by atoms with Crippen LogP contribution >= 0.6 is 0 Å². The van der Waals surface area contributed by atoms with Crippen molar-refractivity contribution in [2.45, 2.75) is 44.8 Å². The number of anilines is 1. The second-order valence-electron chi connectivity index (χ2n) is 6.41. The van der Waals surface area contributed by atoms with Gasteiger partial charge in [0.25, 0.3) is 0 Å². The van der Waals surface area contributed by atoms with Gasteiger partial charge in [0.15, 0.2) is 0 Å². The van der Waals surface area contributed by atoms with E-state index in [9.17, 15) is 4.79 Å². The molecule has 2 heterocycles. The number of hydrogen-bond donors (Lipinski definition) is 2. The molecular weight excluding hydrogens is 302 g/mol. The van der Waals surface area contributed by atoms with Gasteiger partial charge >= 0.3 is 0 Å². The highest BCUT2D eigenvalue weighted by molar-refractivity contribution is 5.88. The fourth-order valence-corrected chi connectivity index (χ4v) is 3.44. The molecule has 3 N–H and O–H groups in total. The van der Waals surface area contributed by atoms with Crippen molar-refractivity contribution in [1.82, 2.24) is 20.2 Å². The molecule has 6 heteroatoms. The van der Waals surface area contributed by atoms with Crippen LogP contribution in [0.25, 0.3) is 10.9 Å². The first kappa shape index (κ1) is 16.8. The van der Waals surface area contributed by atoms with Crippen LogP contribution in [0.2, 0.25) is 0 Å². The van der Waals surface area contributed by atoms with Gasteiger partial charge in [-0.15, -0.1) is 0 Å². The van der Waals surface area contributed by atoms with Gasteiger partial charge in [-0.2, -0.15) is 0 Å². The highest BCUT2D eigenvalue weighted by Gasteiger charge is 2.30. The van der Waals surface area contributed by atoms with E-state index in [1.54, 1.807) is 0 Å². The van der Waals surface area contributed by atoms with Gasteiger partial charge in [0, 0.05) is 31.1 Å². The molecule has 128 valence electrons. The minimum Gasteiger partial charge on any atom is -0.383 e. The minimum absolute atomic E-state index is 0.0727. The topological polar surface area (TPSA) is 84.1 Å². The third-order valence-electron chi connectivity index (χ3n) is 4.76. The Hall–Kier alpha value is -2.05. The second kappa shape index (κ2) is 7.68. The lowest BCUT2D eigenvalue weighted by molar-refractivity contribution is -0.114. The number of aldehydes is 1. The molecule has 2 unspecified atom stereocenters. The molecule has 1 aromatic carbocycles. The summed E-state index contributed by atoms with van der Waals surface area (Å²) in [6.07, 6.45) is 5.91. The number of rotatable bonds is 6. The number of carbonyl (C=O) groups excluding carboxylic acids is 1. The van der Waals surface area contributed by atoms with Crippen LogP contribution in [-0.2, 0) is 11.3 Å². The van der Waals surface area contributed by atoms with E-state index >= 15 is 0 Å². The first-order chi connectivity index (χ1) is 11.7. The molecule has 0 bridgehead atoms. The van der Waals surface area contributed by atoms with Gasteiger partial charge in [0.1, 0.15) is 18.4 Å². The van der Waals surface area contributed by atoms with Crippen molar-refractivity contribution < 1.29 is 4.79 Å². The average molecular weight is 327 g/mol. The molecule has 0 aliphatic carbocycles. The average Bonchev–Trinajstić information content (AvgIpc) is 2.60. The maximum absolute atomic E-state index is 11.7. The first-order valence-corrected chi connectivity index (χ1v) is 8.64. The van der Waals surface area contributed by atoms with Gasteiger partial charge in [0.2, 0.25) is 0 Å². The van der Waals surface area contributed by atoms with E-state index < -0.39 is 0 Å². The van der Waals surface area contributed by atoms with E-state index in [-0.39, 0.29) is 12.1 Å². The first-order valence-electron chi connectivity index (χ1n) is 8.64. The number of piperazine rings is 1. The molecule has 0 radical (unpaired) electrons. The number of nitrogens with zero attached hydrogens (tertiary/aromatic N) is 3. The third-order valence-corrected chi connectivity index (χ3v) is 4.76. The van der Waals surface area contributed by atoms with Crippen molar-refractivity contribution in [2.24, 2.45) is 0 Å². The Morgan fingerprint density at radius 2 is 2.29 bits per heavy atom. The van der Waals surface area contributed by atoms with E-state index in [1.165, 1.54) is 6.33 Å². The Morgan fingerprint density at radius 3 is 3.08 bits per heavy atom. The van der Waals surface area contributed by atoms with Crippen LogP contribution in [0.1, 0.15) is 31.7 Å². The zero-order valence-electron chi connectivity index (χ0n) is 14.1. The summed E-state index contributed by atoms with van der Waals surface area (Å²) >= 11 is 0. The van der Waals surface area contributed by atoms with Gasteiger partial charge in [-0.1, -0.05) is 25.8 Å². The standard InChI is InChI=1S/C18H25N5O/c1-2-3-4-15-17(11-24)23(8-7-20-15)10-13-5-6-14-16(9-13)21-12-22-18(14)19/h5-6,9,11-12,15,17,20H,2-4,7-8,10H2,1H3,(H2,19,21,22). The van der Waals surface area contributed by atoms with E-state index in [2.05, 4.69) is 27.1 Å². The number of hydrogen-bond acceptors (Lipinski definition) is 6. The zero-order valence-corrected chi connectivity index (χ0v) is 14.1. The molecule has 0 spiro atoms. The molecule has 0 saturated carbocycles. The fourth-order valence-electron chi connectivity index (χ4n) is 3.44. The van der Waals surface area contributed by atoms with Gasteiger partial charge in [-0.05, 0) is 24.1 Å². The van der Waals surface area contributed by atoms with Crippen LogP contribution in [0.5, 0.6) is 0 Å². The molecule has 2 aromatic rings. The van der Waals surface area contributed by atoms with Gasteiger partial charge in [-0.3, -0.25) is 4.90 Å². The SMILES string of the molecule is CCCCC1NCCN(Cc2ccc3c(N)ncnc3c2)C1C=O. The second-order valence-corrected chi connectivity index (χ2v) is 6.41. The molecule has 24 heavy (non-hydrogen) atoms. The number of benzene rings is 1. The van der Waals surface area contributed by atoms with Crippen molar-refractivity contribution in [3.63, 3.8) is 0 Å². The van der Waals surface area contributed by atoms with Crippen LogP contribution in [0.4, 0.5) is 5.82 Å². The molecule has 2 atom stereocenters. The number of unbranched alkanes of at least 4 members (excludes halogenated alkanes) is 1. The molecule has 3 rings (SSSR count). The summed E-state index contributed by atoms with van der Waals surface area (Å²) in [5, 5.41) is 4.37. The molecule has 1 aromatic heterocycles. The van der Waals surface area contributed by atoms with E-state index in [0.717, 1.165) is 61.6 Å². The molecule has 0 amide bonds. The largest absolute Gasteiger partial charge is 0.383 e. The van der Waals surface area contributed by atoms with Crippen molar-refractivity contribution in [1.29, 1.82) is 0 Å². The van der Waals surface area contributed by atoms with Crippen molar-refractivity contribution >= 4 is 23.0 Å². The molecule has 6 nitrogen and oxygen atoms in total. The fraction of sp³-hybridized carbons (Fsp3) is 0.500. The van der Waals surface area contributed by atoms with Gasteiger partial charge in [-0.25, -0.2) is 9.97 Å². The highest BCUT2D eigenvalue weighted by atomic mass is 16.1. The van der Waals surface area contributed by atoms with E-state index in [1.807, 2.05) is 18.2 Å². The van der Waals surface area contributed by atoms with Crippen LogP contribution < -0.4 is 11.1 Å².